The molecule has 1 atom stereocenters. The molecule has 0 aliphatic carbocycles. The van der Waals surface area contributed by atoms with Gasteiger partial charge in [-0.2, -0.15) is 0 Å². The van der Waals surface area contributed by atoms with Crippen LogP contribution >= 0.6 is 0 Å². The molecule has 3 heteroatoms. The predicted octanol–water partition coefficient (Wildman–Crippen LogP) is 3.59. The van der Waals surface area contributed by atoms with Crippen LogP contribution in [0.2, 0.25) is 0 Å². The lowest BCUT2D eigenvalue weighted by Gasteiger charge is -2.12. The maximum atomic E-state index is 12.0. The van der Waals surface area contributed by atoms with Crippen molar-refractivity contribution < 1.29 is 9.53 Å². The summed E-state index contributed by atoms with van der Waals surface area (Å²) in [6.07, 6.45) is 3.28. The van der Waals surface area contributed by atoms with Crippen LogP contribution in [-0.2, 0) is 4.79 Å². The molecule has 3 nitrogen and oxygen atoms in total. The van der Waals surface area contributed by atoms with Gasteiger partial charge >= 0.3 is 0 Å². The van der Waals surface area contributed by atoms with E-state index in [0.717, 1.165) is 16.9 Å². The Kier molecular flexibility index (Phi) is 5.16. The summed E-state index contributed by atoms with van der Waals surface area (Å²) < 4.78 is 5.25. The lowest BCUT2D eigenvalue weighted by Crippen LogP contribution is -2.24. The van der Waals surface area contributed by atoms with Crippen LogP contribution in [0.15, 0.2) is 60.7 Å². The molecule has 21 heavy (non-hydrogen) atoms. The van der Waals surface area contributed by atoms with Crippen LogP contribution in [0, 0.1) is 0 Å². The fraction of sp³-hybridized carbons (Fsp3) is 0.167. The number of hydrogen-bond acceptors (Lipinski definition) is 2. The number of benzene rings is 2. The van der Waals surface area contributed by atoms with E-state index in [1.807, 2.05) is 61.5 Å². The van der Waals surface area contributed by atoms with Gasteiger partial charge in [0, 0.05) is 11.6 Å². The fourth-order valence-corrected chi connectivity index (χ4v) is 2.06. The van der Waals surface area contributed by atoms with Crippen molar-refractivity contribution in [3.05, 3.63) is 71.8 Å². The van der Waals surface area contributed by atoms with Gasteiger partial charge in [-0.3, -0.25) is 4.79 Å². The van der Waals surface area contributed by atoms with Gasteiger partial charge in [-0.1, -0.05) is 48.5 Å². The topological polar surface area (TPSA) is 38.3 Å². The molecule has 2 aromatic carbocycles. The van der Waals surface area contributed by atoms with Crippen molar-refractivity contribution in [2.24, 2.45) is 0 Å². The Bertz CT molecular complexity index is 620. The van der Waals surface area contributed by atoms with Crippen molar-refractivity contribution in [2.45, 2.75) is 13.0 Å². The maximum Gasteiger partial charge on any atom is 0.244 e. The standard InChI is InChI=1S/C18H19NO2/c1-14(15-8-4-3-5-9-15)19-18(20)13-12-16-10-6-7-11-17(16)21-2/h3-14H,1-2H3,(H,19,20)/b13-12+. The number of carbonyl (C=O) groups is 1. The fourth-order valence-electron chi connectivity index (χ4n) is 2.06. The highest BCUT2D eigenvalue weighted by Gasteiger charge is 2.06. The molecule has 0 aliphatic heterocycles. The molecule has 0 spiro atoms. The lowest BCUT2D eigenvalue weighted by molar-refractivity contribution is -0.117. The number of carbonyl (C=O) groups excluding carboxylic acids is 1. The van der Waals surface area contributed by atoms with E-state index >= 15 is 0 Å². The minimum Gasteiger partial charge on any atom is -0.496 e. The molecule has 0 radical (unpaired) electrons. The zero-order valence-electron chi connectivity index (χ0n) is 12.2. The first kappa shape index (κ1) is 14.9. The molecular formula is C18H19NO2. The number of para-hydroxylation sites is 1. The van der Waals surface area contributed by atoms with Gasteiger partial charge in [0.25, 0.3) is 0 Å². The molecule has 2 aromatic rings. The van der Waals surface area contributed by atoms with E-state index in [-0.39, 0.29) is 11.9 Å². The number of rotatable bonds is 5. The van der Waals surface area contributed by atoms with E-state index < -0.39 is 0 Å². The molecule has 1 amide bonds. The lowest BCUT2D eigenvalue weighted by atomic mass is 10.1. The summed E-state index contributed by atoms with van der Waals surface area (Å²) in [6, 6.07) is 17.4. The van der Waals surface area contributed by atoms with Gasteiger partial charge < -0.3 is 10.1 Å². The van der Waals surface area contributed by atoms with Crippen molar-refractivity contribution in [3.63, 3.8) is 0 Å². The van der Waals surface area contributed by atoms with E-state index in [1.165, 1.54) is 6.08 Å². The van der Waals surface area contributed by atoms with Gasteiger partial charge in [0.05, 0.1) is 13.2 Å². The van der Waals surface area contributed by atoms with Gasteiger partial charge in [0.2, 0.25) is 5.91 Å². The molecule has 0 saturated carbocycles. The van der Waals surface area contributed by atoms with E-state index in [1.54, 1.807) is 13.2 Å². The average molecular weight is 281 g/mol. The smallest absolute Gasteiger partial charge is 0.244 e. The molecular weight excluding hydrogens is 262 g/mol. The van der Waals surface area contributed by atoms with Gasteiger partial charge in [-0.05, 0) is 24.6 Å². The van der Waals surface area contributed by atoms with Crippen LogP contribution < -0.4 is 10.1 Å². The van der Waals surface area contributed by atoms with Crippen molar-refractivity contribution >= 4 is 12.0 Å². The monoisotopic (exact) mass is 281 g/mol. The summed E-state index contributed by atoms with van der Waals surface area (Å²) >= 11 is 0. The van der Waals surface area contributed by atoms with Crippen LogP contribution in [0.1, 0.15) is 24.1 Å². The second-order valence-electron chi connectivity index (χ2n) is 4.72. The molecule has 0 heterocycles. The zero-order chi connectivity index (χ0) is 15.1. The third kappa shape index (κ3) is 4.21. The summed E-state index contributed by atoms with van der Waals surface area (Å²) in [4.78, 5) is 12.0. The van der Waals surface area contributed by atoms with Gasteiger partial charge in [0.1, 0.15) is 5.75 Å². The summed E-state index contributed by atoms with van der Waals surface area (Å²) in [5, 5.41) is 2.94. The molecule has 0 bridgehead atoms. The molecule has 2 rings (SSSR count). The zero-order valence-corrected chi connectivity index (χ0v) is 12.2. The molecule has 1 unspecified atom stereocenters. The van der Waals surface area contributed by atoms with Crippen molar-refractivity contribution in [2.75, 3.05) is 7.11 Å². The SMILES string of the molecule is COc1ccccc1/C=C/C(=O)NC(C)c1ccccc1. The maximum absolute atomic E-state index is 12.0. The van der Waals surface area contributed by atoms with Gasteiger partial charge in [-0.25, -0.2) is 0 Å². The average Bonchev–Trinajstić information content (AvgIpc) is 2.54. The largest absolute Gasteiger partial charge is 0.496 e. The highest BCUT2D eigenvalue weighted by atomic mass is 16.5. The number of hydrogen-bond donors (Lipinski definition) is 1. The second-order valence-corrected chi connectivity index (χ2v) is 4.72. The Morgan fingerprint density at radius 2 is 1.76 bits per heavy atom. The van der Waals surface area contributed by atoms with E-state index in [2.05, 4.69) is 5.32 Å². The first-order chi connectivity index (χ1) is 10.2. The minimum atomic E-state index is -0.128. The third-order valence-electron chi connectivity index (χ3n) is 3.21. The summed E-state index contributed by atoms with van der Waals surface area (Å²) in [6.45, 7) is 1.96. The summed E-state index contributed by atoms with van der Waals surface area (Å²) in [5.41, 5.74) is 1.96. The summed E-state index contributed by atoms with van der Waals surface area (Å²) in [7, 11) is 1.62. The Morgan fingerprint density at radius 1 is 1.10 bits per heavy atom. The van der Waals surface area contributed by atoms with Gasteiger partial charge in [-0.15, -0.1) is 0 Å². The first-order valence-corrected chi connectivity index (χ1v) is 6.87. The highest BCUT2D eigenvalue weighted by molar-refractivity contribution is 5.92. The van der Waals surface area contributed by atoms with E-state index in [4.69, 9.17) is 4.74 Å². The first-order valence-electron chi connectivity index (χ1n) is 6.87. The molecule has 0 fully saturated rings. The number of nitrogens with one attached hydrogen (secondary N) is 1. The molecule has 1 N–H and O–H groups in total. The van der Waals surface area contributed by atoms with Crippen LogP contribution in [0.5, 0.6) is 5.75 Å². The normalized spacial score (nSPS) is 12.1. The van der Waals surface area contributed by atoms with Gasteiger partial charge in [0.15, 0.2) is 0 Å². The van der Waals surface area contributed by atoms with Crippen molar-refractivity contribution in [1.29, 1.82) is 0 Å². The third-order valence-corrected chi connectivity index (χ3v) is 3.21. The Labute approximate surface area is 125 Å². The van der Waals surface area contributed by atoms with Crippen LogP contribution in [0.25, 0.3) is 6.08 Å². The van der Waals surface area contributed by atoms with E-state index in [0.29, 0.717) is 0 Å². The quantitative estimate of drug-likeness (QED) is 0.851. The highest BCUT2D eigenvalue weighted by Crippen LogP contribution is 2.18. The molecule has 0 saturated heterocycles. The summed E-state index contributed by atoms with van der Waals surface area (Å²) in [5.74, 6) is 0.620. The Morgan fingerprint density at radius 3 is 2.48 bits per heavy atom. The molecule has 0 aromatic heterocycles. The molecule has 108 valence electrons. The second kappa shape index (κ2) is 7.29. The van der Waals surface area contributed by atoms with Crippen molar-refractivity contribution in [1.82, 2.24) is 5.32 Å². The number of ether oxygens (including phenoxy) is 1. The minimum absolute atomic E-state index is 0.0268. The number of amides is 1. The Balaban J connectivity index is 2.00. The predicted molar refractivity (Wildman–Crippen MR) is 85.0 cm³/mol. The Hall–Kier alpha value is -2.55. The molecule has 0 aliphatic rings. The van der Waals surface area contributed by atoms with E-state index in [9.17, 15) is 4.79 Å². The van der Waals surface area contributed by atoms with Crippen LogP contribution in [0.3, 0.4) is 0 Å². The number of methoxy groups -OCH3 is 1. The van der Waals surface area contributed by atoms with Crippen LogP contribution in [0.4, 0.5) is 0 Å². The van der Waals surface area contributed by atoms with Crippen LogP contribution in [-0.4, -0.2) is 13.0 Å². The van der Waals surface area contributed by atoms with Crippen molar-refractivity contribution in [3.8, 4) is 5.75 Å².